The Kier molecular flexibility index (Phi) is 5.54. The highest BCUT2D eigenvalue weighted by Crippen LogP contribution is 2.20. The van der Waals surface area contributed by atoms with Crippen LogP contribution in [-0.2, 0) is 29.2 Å². The maximum atomic E-state index is 11.3. The molecule has 0 amide bonds. The zero-order valence-electron chi connectivity index (χ0n) is 9.83. The van der Waals surface area contributed by atoms with Gasteiger partial charge in [0.05, 0.1) is 0 Å². The Balaban J connectivity index is 2.22. The first-order valence-electron chi connectivity index (χ1n) is 5.67. The fourth-order valence-electron chi connectivity index (χ4n) is 1.73. The predicted octanol–water partition coefficient (Wildman–Crippen LogP) is 0.293. The molecular formula is C10H16O7S. The lowest BCUT2D eigenvalue weighted by Gasteiger charge is -2.21. The number of ether oxygens (including phenoxy) is 2. The maximum Gasteiger partial charge on any atom is 0.344 e. The van der Waals surface area contributed by atoms with Crippen LogP contribution in [0.2, 0.25) is 0 Å². The van der Waals surface area contributed by atoms with Crippen LogP contribution in [0.5, 0.6) is 0 Å². The van der Waals surface area contributed by atoms with Gasteiger partial charge in [0.15, 0.2) is 12.4 Å². The second kappa shape index (κ2) is 6.69. The van der Waals surface area contributed by atoms with E-state index < -0.39 is 34.4 Å². The minimum absolute atomic E-state index is 0.147. The average Bonchev–Trinajstić information content (AvgIpc) is 2.25. The lowest BCUT2D eigenvalue weighted by Crippen LogP contribution is -2.26. The molecule has 1 fully saturated rings. The molecule has 1 aliphatic carbocycles. The number of hydrogen-bond donors (Lipinski definition) is 1. The van der Waals surface area contributed by atoms with Gasteiger partial charge in [0.2, 0.25) is 0 Å². The van der Waals surface area contributed by atoms with Crippen molar-refractivity contribution in [1.82, 2.24) is 0 Å². The van der Waals surface area contributed by atoms with Crippen molar-refractivity contribution in [2.75, 3.05) is 12.4 Å². The molecule has 0 aromatic rings. The Morgan fingerprint density at radius 1 is 1.11 bits per heavy atom. The molecule has 0 aliphatic heterocycles. The molecule has 0 spiro atoms. The Hall–Kier alpha value is -1.15. The highest BCUT2D eigenvalue weighted by Gasteiger charge is 2.20. The van der Waals surface area contributed by atoms with E-state index in [2.05, 4.69) is 4.74 Å². The van der Waals surface area contributed by atoms with Crippen LogP contribution in [0.15, 0.2) is 0 Å². The van der Waals surface area contributed by atoms with Gasteiger partial charge >= 0.3 is 11.9 Å². The molecule has 18 heavy (non-hydrogen) atoms. The van der Waals surface area contributed by atoms with Gasteiger partial charge in [0.25, 0.3) is 10.1 Å². The van der Waals surface area contributed by atoms with Crippen molar-refractivity contribution in [3.05, 3.63) is 0 Å². The molecule has 0 atom stereocenters. The Morgan fingerprint density at radius 2 is 1.72 bits per heavy atom. The van der Waals surface area contributed by atoms with Crippen molar-refractivity contribution in [3.8, 4) is 0 Å². The summed E-state index contributed by atoms with van der Waals surface area (Å²) >= 11 is 0. The van der Waals surface area contributed by atoms with Crippen LogP contribution in [-0.4, -0.2) is 43.4 Å². The summed E-state index contributed by atoms with van der Waals surface area (Å²) in [5.41, 5.74) is 0. The van der Waals surface area contributed by atoms with Gasteiger partial charge in [-0.25, -0.2) is 4.79 Å². The number of hydrogen-bond acceptors (Lipinski definition) is 6. The highest BCUT2D eigenvalue weighted by atomic mass is 32.2. The molecule has 7 nitrogen and oxygen atoms in total. The van der Waals surface area contributed by atoms with E-state index in [1.54, 1.807) is 0 Å². The van der Waals surface area contributed by atoms with E-state index in [1.165, 1.54) is 0 Å². The lowest BCUT2D eigenvalue weighted by molar-refractivity contribution is -0.162. The molecule has 0 saturated heterocycles. The van der Waals surface area contributed by atoms with E-state index in [0.717, 1.165) is 32.1 Å². The van der Waals surface area contributed by atoms with Gasteiger partial charge in [-0.05, 0) is 25.7 Å². The number of carbonyl (C=O) groups excluding carboxylic acids is 2. The summed E-state index contributed by atoms with van der Waals surface area (Å²) < 4.78 is 38.5. The van der Waals surface area contributed by atoms with Gasteiger partial charge in [0, 0.05) is 0 Å². The van der Waals surface area contributed by atoms with E-state index in [4.69, 9.17) is 9.29 Å². The maximum absolute atomic E-state index is 11.3. The number of rotatable bonds is 5. The fraction of sp³-hybridized carbons (Fsp3) is 0.800. The Morgan fingerprint density at radius 3 is 2.28 bits per heavy atom. The van der Waals surface area contributed by atoms with Crippen molar-refractivity contribution >= 4 is 22.1 Å². The van der Waals surface area contributed by atoms with Crippen molar-refractivity contribution in [1.29, 1.82) is 0 Å². The number of carbonyl (C=O) groups is 2. The van der Waals surface area contributed by atoms with Crippen molar-refractivity contribution in [3.63, 3.8) is 0 Å². The molecule has 1 aliphatic rings. The van der Waals surface area contributed by atoms with Gasteiger partial charge in [-0.1, -0.05) is 6.42 Å². The molecule has 1 rings (SSSR count). The Labute approximate surface area is 105 Å². The summed E-state index contributed by atoms with van der Waals surface area (Å²) in [4.78, 5) is 22.2. The molecule has 0 heterocycles. The molecule has 0 bridgehead atoms. The van der Waals surface area contributed by atoms with Crippen LogP contribution in [0.1, 0.15) is 32.1 Å². The zero-order valence-corrected chi connectivity index (χ0v) is 10.6. The second-order valence-corrected chi connectivity index (χ2v) is 5.59. The monoisotopic (exact) mass is 280 g/mol. The third-order valence-electron chi connectivity index (χ3n) is 2.50. The van der Waals surface area contributed by atoms with Crippen molar-refractivity contribution in [2.45, 2.75) is 38.2 Å². The van der Waals surface area contributed by atoms with Crippen LogP contribution in [0.25, 0.3) is 0 Å². The molecule has 0 aromatic carbocycles. The average molecular weight is 280 g/mol. The fourth-order valence-corrected chi connectivity index (χ4v) is 2.11. The van der Waals surface area contributed by atoms with Gasteiger partial charge in [-0.15, -0.1) is 0 Å². The summed E-state index contributed by atoms with van der Waals surface area (Å²) in [5.74, 6) is -3.05. The van der Waals surface area contributed by atoms with Crippen LogP contribution < -0.4 is 0 Å². The summed E-state index contributed by atoms with van der Waals surface area (Å²) in [6.07, 6.45) is 4.57. The summed E-state index contributed by atoms with van der Waals surface area (Å²) in [6, 6.07) is 0. The molecule has 104 valence electrons. The highest BCUT2D eigenvalue weighted by molar-refractivity contribution is 7.86. The lowest BCUT2D eigenvalue weighted by atomic mass is 9.98. The molecular weight excluding hydrogens is 264 g/mol. The minimum Gasteiger partial charge on any atom is -0.460 e. The Bertz CT molecular complexity index is 394. The largest absolute Gasteiger partial charge is 0.460 e. The van der Waals surface area contributed by atoms with Crippen LogP contribution in [0.3, 0.4) is 0 Å². The van der Waals surface area contributed by atoms with E-state index in [9.17, 15) is 18.0 Å². The topological polar surface area (TPSA) is 107 Å². The first kappa shape index (κ1) is 14.9. The second-order valence-electron chi connectivity index (χ2n) is 4.14. The first-order chi connectivity index (χ1) is 8.37. The van der Waals surface area contributed by atoms with Gasteiger partial charge < -0.3 is 9.47 Å². The van der Waals surface area contributed by atoms with E-state index in [1.807, 2.05) is 0 Å². The summed E-state index contributed by atoms with van der Waals surface area (Å²) in [7, 11) is -4.43. The van der Waals surface area contributed by atoms with Gasteiger partial charge in [-0.3, -0.25) is 9.35 Å². The molecule has 0 unspecified atom stereocenters. The van der Waals surface area contributed by atoms with E-state index in [-0.39, 0.29) is 6.10 Å². The van der Waals surface area contributed by atoms with Crippen molar-refractivity contribution in [2.24, 2.45) is 0 Å². The van der Waals surface area contributed by atoms with E-state index >= 15 is 0 Å². The number of esters is 2. The molecule has 1 saturated carbocycles. The van der Waals surface area contributed by atoms with E-state index in [0.29, 0.717) is 0 Å². The predicted molar refractivity (Wildman–Crippen MR) is 60.3 cm³/mol. The minimum atomic E-state index is -4.43. The quantitative estimate of drug-likeness (QED) is 0.569. The molecule has 8 heteroatoms. The molecule has 0 aromatic heterocycles. The first-order valence-corrected chi connectivity index (χ1v) is 7.28. The van der Waals surface area contributed by atoms with Crippen LogP contribution in [0.4, 0.5) is 0 Å². The molecule has 1 N–H and O–H groups in total. The summed E-state index contributed by atoms with van der Waals surface area (Å²) in [6.45, 7) is -0.634. The molecule has 0 radical (unpaired) electrons. The van der Waals surface area contributed by atoms with Crippen molar-refractivity contribution < 1.29 is 32.0 Å². The van der Waals surface area contributed by atoms with Gasteiger partial charge in [-0.2, -0.15) is 8.42 Å². The summed E-state index contributed by atoms with van der Waals surface area (Å²) in [5, 5.41) is 0. The van der Waals surface area contributed by atoms with Crippen LogP contribution >= 0.6 is 0 Å². The van der Waals surface area contributed by atoms with Gasteiger partial charge in [0.1, 0.15) is 6.10 Å². The smallest absolute Gasteiger partial charge is 0.344 e. The SMILES string of the molecule is O=C(CS(=O)(=O)O)OCC(=O)OC1CCCCC1. The normalized spacial score (nSPS) is 17.2. The third kappa shape index (κ3) is 6.55. The third-order valence-corrected chi connectivity index (χ3v) is 3.10. The zero-order chi connectivity index (χ0) is 13.6. The van der Waals surface area contributed by atoms with Crippen LogP contribution in [0, 0.1) is 0 Å². The standard InChI is InChI=1S/C10H16O7S/c11-9(17-8-4-2-1-3-5-8)6-16-10(12)7-18(13,14)15/h8H,1-7H2,(H,13,14,15).